The largest absolute Gasteiger partial charge is 0.416 e. The van der Waals surface area contributed by atoms with Crippen LogP contribution in [0.3, 0.4) is 0 Å². The third kappa shape index (κ3) is 4.52. The summed E-state index contributed by atoms with van der Waals surface area (Å²) in [5, 5.41) is 4.05. The van der Waals surface area contributed by atoms with Crippen molar-refractivity contribution in [3.05, 3.63) is 120 Å². The first kappa shape index (κ1) is 27.0. The maximum atomic E-state index is 13.6. The van der Waals surface area contributed by atoms with Gasteiger partial charge in [-0.25, -0.2) is 0 Å². The predicted molar refractivity (Wildman–Crippen MR) is 146 cm³/mol. The number of nitrogens with zero attached hydrogens (tertiary/aromatic N) is 2. The Morgan fingerprint density at radius 1 is 0.795 bits per heavy atom. The Morgan fingerprint density at radius 3 is 2.28 bits per heavy atom. The summed E-state index contributed by atoms with van der Waals surface area (Å²) >= 11 is 0. The quantitative estimate of drug-likeness (QED) is 0.127. The molecule has 2 heterocycles. The molecule has 7 rings (SSSR count). The minimum Gasteiger partial charge on any atom is -0.305 e. The predicted octanol–water partition coefficient (Wildman–Crippen LogP) is 8.85. The van der Waals surface area contributed by atoms with Gasteiger partial charge in [0.15, 0.2) is 0 Å². The Bertz CT molecular complexity index is 1790. The van der Waals surface area contributed by atoms with E-state index in [-0.39, 0.29) is 20.1 Å². The van der Waals surface area contributed by atoms with Crippen LogP contribution in [0.25, 0.3) is 43.7 Å². The summed E-state index contributed by atoms with van der Waals surface area (Å²) in [6.07, 6.45) is -0.853. The minimum atomic E-state index is -4.39. The normalized spacial score (nSPS) is 13.4. The molecule has 1 radical (unpaired) electrons. The van der Waals surface area contributed by atoms with Gasteiger partial charge in [-0.15, -0.1) is 65.0 Å². The molecular formula is C33H23F3IrN2-2. The molecule has 2 aromatic heterocycles. The second-order valence-electron chi connectivity index (χ2n) is 10.1. The summed E-state index contributed by atoms with van der Waals surface area (Å²) in [6.45, 7) is 5.89. The number of hydrogen-bond donors (Lipinski definition) is 0. The van der Waals surface area contributed by atoms with Crippen LogP contribution in [0.15, 0.2) is 85.2 Å². The van der Waals surface area contributed by atoms with Gasteiger partial charge >= 0.3 is 6.18 Å². The molecule has 6 heteroatoms. The van der Waals surface area contributed by atoms with Crippen molar-refractivity contribution in [2.24, 2.45) is 0 Å². The summed E-state index contributed by atoms with van der Waals surface area (Å²) in [5.41, 5.74) is 4.43. The van der Waals surface area contributed by atoms with Crippen LogP contribution < -0.4 is 0 Å². The number of benzene rings is 4. The molecule has 0 fully saturated rings. The molecule has 0 aliphatic heterocycles. The smallest absolute Gasteiger partial charge is 0.305 e. The Balaban J connectivity index is 0.000000200. The maximum absolute atomic E-state index is 13.6. The van der Waals surface area contributed by atoms with Gasteiger partial charge in [0.05, 0.1) is 5.56 Å². The van der Waals surface area contributed by atoms with E-state index in [9.17, 15) is 13.2 Å². The van der Waals surface area contributed by atoms with Gasteiger partial charge in [0, 0.05) is 37.9 Å². The van der Waals surface area contributed by atoms with Gasteiger partial charge in [-0.05, 0) is 51.3 Å². The van der Waals surface area contributed by atoms with Crippen LogP contribution >= 0.6 is 0 Å². The van der Waals surface area contributed by atoms with E-state index >= 15 is 0 Å². The number of halogens is 3. The van der Waals surface area contributed by atoms with E-state index in [0.717, 1.165) is 55.0 Å². The fraction of sp³-hybridized carbons (Fsp3) is 0.152. The fourth-order valence-electron chi connectivity index (χ4n) is 5.44. The molecule has 0 unspecified atom stereocenters. The van der Waals surface area contributed by atoms with Crippen molar-refractivity contribution >= 4 is 32.4 Å². The number of hydrogen-bond acceptors (Lipinski definition) is 2. The van der Waals surface area contributed by atoms with Gasteiger partial charge in [0.2, 0.25) is 0 Å². The first-order valence-electron chi connectivity index (χ1n) is 12.3. The number of pyridine rings is 2. The van der Waals surface area contributed by atoms with Crippen molar-refractivity contribution in [1.29, 1.82) is 0 Å². The van der Waals surface area contributed by atoms with E-state index in [1.54, 1.807) is 12.4 Å². The molecule has 1 aliphatic carbocycles. The van der Waals surface area contributed by atoms with Crippen molar-refractivity contribution in [3.63, 3.8) is 0 Å². The topological polar surface area (TPSA) is 25.8 Å². The number of fused-ring (bicyclic) bond motifs is 3. The van der Waals surface area contributed by atoms with Gasteiger partial charge in [-0.1, -0.05) is 49.7 Å². The number of rotatable bonds is 1. The Labute approximate surface area is 238 Å². The van der Waals surface area contributed by atoms with Crippen molar-refractivity contribution < 1.29 is 33.3 Å². The SMILES string of the molecule is Cc1c[c-]c2c(c1)c1cc(C(F)(F)F)cc3c1c1c(ccnc21)C3(C)C.[Ir].[c-]1ccccc1-c1ccccn1. The zero-order chi connectivity index (χ0) is 26.7. The van der Waals surface area contributed by atoms with Crippen LogP contribution in [0, 0.1) is 19.1 Å². The van der Waals surface area contributed by atoms with Crippen LogP contribution in [0.5, 0.6) is 0 Å². The number of aromatic nitrogens is 2. The standard InChI is InChI=1S/C22H15F3N.C11H8N.Ir/c1-11-4-5-13-14(8-11)15-9-12(22(23,24)25)10-17-18(15)19-16(21(17,2)3)6-7-26-20(13)19;1-2-6-10(7-3-1)11-8-4-5-9-12-11;/h4,6-10H,1-3H3;1-6,8-9H;/q2*-1;. The zero-order valence-electron chi connectivity index (χ0n) is 21.4. The van der Waals surface area contributed by atoms with Crippen LogP contribution in [-0.2, 0) is 31.7 Å². The molecule has 2 nitrogen and oxygen atoms in total. The van der Waals surface area contributed by atoms with Gasteiger partial charge < -0.3 is 9.97 Å². The van der Waals surface area contributed by atoms with Crippen molar-refractivity contribution in [1.82, 2.24) is 9.97 Å². The summed E-state index contributed by atoms with van der Waals surface area (Å²) in [5.74, 6) is 0. The zero-order valence-corrected chi connectivity index (χ0v) is 23.8. The molecule has 39 heavy (non-hydrogen) atoms. The summed E-state index contributed by atoms with van der Waals surface area (Å²) < 4.78 is 40.8. The van der Waals surface area contributed by atoms with Gasteiger partial charge in [0.1, 0.15) is 0 Å². The summed E-state index contributed by atoms with van der Waals surface area (Å²) in [4.78, 5) is 8.78. The van der Waals surface area contributed by atoms with Crippen LogP contribution in [0.1, 0.15) is 36.1 Å². The monoisotopic (exact) mass is 697 g/mol. The Hall–Kier alpha value is -3.60. The molecule has 0 saturated carbocycles. The third-order valence-corrected chi connectivity index (χ3v) is 7.28. The molecule has 0 amide bonds. The van der Waals surface area contributed by atoms with E-state index in [0.29, 0.717) is 5.39 Å². The van der Waals surface area contributed by atoms with Crippen LogP contribution in [-0.4, -0.2) is 9.97 Å². The van der Waals surface area contributed by atoms with E-state index in [4.69, 9.17) is 0 Å². The Kier molecular flexibility index (Phi) is 6.82. The molecule has 1 aliphatic rings. The molecule has 0 saturated heterocycles. The van der Waals surface area contributed by atoms with Crippen molar-refractivity contribution in [2.75, 3.05) is 0 Å². The molecular weight excluding hydrogens is 674 g/mol. The molecule has 0 bridgehead atoms. The Morgan fingerprint density at radius 2 is 1.59 bits per heavy atom. The summed E-state index contributed by atoms with van der Waals surface area (Å²) in [6, 6.07) is 28.4. The van der Waals surface area contributed by atoms with Gasteiger partial charge in [-0.2, -0.15) is 13.2 Å². The van der Waals surface area contributed by atoms with Crippen molar-refractivity contribution in [2.45, 2.75) is 32.4 Å². The average molecular weight is 697 g/mol. The third-order valence-electron chi connectivity index (χ3n) is 7.28. The van der Waals surface area contributed by atoms with Gasteiger partial charge in [0.25, 0.3) is 0 Å². The van der Waals surface area contributed by atoms with Gasteiger partial charge in [-0.3, -0.25) is 0 Å². The second-order valence-corrected chi connectivity index (χ2v) is 10.1. The molecule has 0 N–H and O–H groups in total. The number of alkyl halides is 3. The summed E-state index contributed by atoms with van der Waals surface area (Å²) in [7, 11) is 0. The first-order chi connectivity index (χ1) is 18.2. The average Bonchev–Trinajstić information content (AvgIpc) is 3.16. The van der Waals surface area contributed by atoms with E-state index in [1.165, 1.54) is 12.1 Å². The second kappa shape index (κ2) is 9.86. The van der Waals surface area contributed by atoms with Crippen LogP contribution in [0.4, 0.5) is 13.2 Å². The molecule has 0 spiro atoms. The van der Waals surface area contributed by atoms with E-state index in [1.807, 2.05) is 81.4 Å². The van der Waals surface area contributed by atoms with Crippen LogP contribution in [0.2, 0.25) is 0 Å². The van der Waals surface area contributed by atoms with E-state index in [2.05, 4.69) is 22.1 Å². The maximum Gasteiger partial charge on any atom is 0.416 e. The van der Waals surface area contributed by atoms with E-state index < -0.39 is 17.2 Å². The molecule has 197 valence electrons. The minimum absolute atomic E-state index is 0. The van der Waals surface area contributed by atoms with Crippen molar-refractivity contribution in [3.8, 4) is 11.3 Å². The number of aryl methyl sites for hydroxylation is 1. The molecule has 6 aromatic rings. The molecule has 4 aromatic carbocycles. The fourth-order valence-corrected chi connectivity index (χ4v) is 5.44. The molecule has 0 atom stereocenters. The first-order valence-corrected chi connectivity index (χ1v) is 12.3.